The van der Waals surface area contributed by atoms with Crippen molar-refractivity contribution >= 4 is 50.9 Å². The summed E-state index contributed by atoms with van der Waals surface area (Å²) in [4.78, 5) is 13.2. The van der Waals surface area contributed by atoms with Gasteiger partial charge >= 0.3 is 0 Å². The number of hydrogen-bond donors (Lipinski definition) is 0. The Balaban J connectivity index is 1.42. The fourth-order valence-corrected chi connectivity index (χ4v) is 8.35. The van der Waals surface area contributed by atoms with Gasteiger partial charge in [-0.2, -0.15) is 0 Å². The summed E-state index contributed by atoms with van der Waals surface area (Å²) >= 11 is 0. The third-order valence-corrected chi connectivity index (χ3v) is 10.6. The first-order valence-corrected chi connectivity index (χ1v) is 18.0. The fraction of sp³-hybridized carbons (Fsp3) is 0.244. The number of aromatic nitrogens is 3. The quantitative estimate of drug-likeness (QED) is 0.154. The van der Waals surface area contributed by atoms with Crippen LogP contribution in [0.1, 0.15) is 47.2 Å². The van der Waals surface area contributed by atoms with Crippen molar-refractivity contribution in [2.24, 2.45) is 7.05 Å². The van der Waals surface area contributed by atoms with Crippen molar-refractivity contribution in [3.8, 4) is 22.5 Å². The summed E-state index contributed by atoms with van der Waals surface area (Å²) in [5, 5.41) is 1.12. The second-order valence-electron chi connectivity index (χ2n) is 14.1. The molecule has 7 aromatic rings. The molecule has 250 valence electrons. The zero-order valence-electron chi connectivity index (χ0n) is 31.0. The molecule has 0 aliphatic rings. The highest BCUT2D eigenvalue weighted by Crippen LogP contribution is 2.35. The van der Waals surface area contributed by atoms with E-state index in [1.165, 1.54) is 55.5 Å². The van der Waals surface area contributed by atoms with Gasteiger partial charge in [0.25, 0.3) is 0 Å². The molecule has 2 aromatic heterocycles. The molecule has 0 N–H and O–H groups in total. The van der Waals surface area contributed by atoms with E-state index in [4.69, 9.17) is 9.97 Å². The summed E-state index contributed by atoms with van der Waals surface area (Å²) in [5.74, 6) is 0. The van der Waals surface area contributed by atoms with Crippen LogP contribution in [0.2, 0.25) is 0 Å². The molecule has 5 aromatic carbocycles. The average Bonchev–Trinajstić information content (AvgIpc) is 3.38. The van der Waals surface area contributed by atoms with Crippen molar-refractivity contribution in [1.82, 2.24) is 14.5 Å². The molecule has 0 saturated carbocycles. The third kappa shape index (κ3) is 5.79. The maximum Gasteiger partial charge on any atom is 0.242 e. The summed E-state index contributed by atoms with van der Waals surface area (Å²) in [5.41, 5.74) is 20.1. The average molecular weight is 655 g/mol. The van der Waals surface area contributed by atoms with Crippen LogP contribution in [0.15, 0.2) is 97.1 Å². The Labute approximate surface area is 297 Å². The number of para-hydroxylation sites is 1. The van der Waals surface area contributed by atoms with E-state index in [0.29, 0.717) is 0 Å². The Morgan fingerprint density at radius 3 is 1.60 bits per heavy atom. The molecular weight excluding hydrogens is 607 g/mol. The van der Waals surface area contributed by atoms with E-state index in [1.54, 1.807) is 0 Å². The molecule has 50 heavy (non-hydrogen) atoms. The van der Waals surface area contributed by atoms with Crippen molar-refractivity contribution in [3.05, 3.63) is 130 Å². The lowest BCUT2D eigenvalue weighted by atomic mass is 9.34. The minimum atomic E-state index is 0.115. The lowest BCUT2D eigenvalue weighted by Crippen LogP contribution is -2.55. The van der Waals surface area contributed by atoms with Crippen LogP contribution < -0.4 is 21.3 Å². The molecular formula is C45H47BN4. The van der Waals surface area contributed by atoms with Crippen LogP contribution in [0.3, 0.4) is 0 Å². The van der Waals surface area contributed by atoms with E-state index < -0.39 is 0 Å². The van der Waals surface area contributed by atoms with E-state index >= 15 is 0 Å². The van der Waals surface area contributed by atoms with Gasteiger partial charge in [0.1, 0.15) is 5.52 Å². The van der Waals surface area contributed by atoms with Crippen LogP contribution in [-0.4, -0.2) is 34.3 Å². The van der Waals surface area contributed by atoms with Gasteiger partial charge in [0, 0.05) is 42.3 Å². The Kier molecular flexibility index (Phi) is 8.86. The first-order chi connectivity index (χ1) is 24.1. The van der Waals surface area contributed by atoms with Gasteiger partial charge in [0.15, 0.2) is 5.65 Å². The molecule has 0 saturated heterocycles. The van der Waals surface area contributed by atoms with E-state index in [-0.39, 0.29) is 6.71 Å². The predicted octanol–water partition coefficient (Wildman–Crippen LogP) is 8.67. The second-order valence-corrected chi connectivity index (χ2v) is 14.1. The van der Waals surface area contributed by atoms with Crippen molar-refractivity contribution in [1.29, 1.82) is 0 Å². The van der Waals surface area contributed by atoms with E-state index in [1.807, 2.05) is 0 Å². The van der Waals surface area contributed by atoms with Gasteiger partial charge in [0.05, 0.1) is 16.9 Å². The molecule has 0 amide bonds. The molecule has 0 spiro atoms. The lowest BCUT2D eigenvalue weighted by molar-refractivity contribution is 0.866. The van der Waals surface area contributed by atoms with Crippen molar-refractivity contribution < 1.29 is 0 Å². The van der Waals surface area contributed by atoms with Gasteiger partial charge < -0.3 is 9.47 Å². The summed E-state index contributed by atoms with van der Waals surface area (Å²) < 4.78 is 2.17. The van der Waals surface area contributed by atoms with Crippen LogP contribution in [0.4, 0.5) is 5.69 Å². The maximum absolute atomic E-state index is 5.41. The summed E-state index contributed by atoms with van der Waals surface area (Å²) in [7, 11) is 2.09. The zero-order valence-corrected chi connectivity index (χ0v) is 31.0. The van der Waals surface area contributed by atoms with Crippen LogP contribution in [-0.2, 0) is 7.05 Å². The number of aryl methyl sites for hydroxylation is 7. The molecule has 5 heteroatoms. The van der Waals surface area contributed by atoms with Gasteiger partial charge in [-0.25, -0.2) is 9.97 Å². The Hall–Kier alpha value is -5.16. The molecule has 0 atom stereocenters. The largest absolute Gasteiger partial charge is 0.372 e. The van der Waals surface area contributed by atoms with Gasteiger partial charge in [-0.3, -0.25) is 0 Å². The Morgan fingerprint density at radius 2 is 1.08 bits per heavy atom. The first kappa shape index (κ1) is 33.3. The standard InChI is InChI=1S/C45H47BN4/c1-10-50(11-2)37-22-18-35(19-23-37)42-43(48-45-44(47-42)38-14-12-13-15-39(38)49(45)9)34-16-20-36(21-17-34)46(40-30(5)24-28(3)25-31(40)6)41-32(7)26-29(4)27-33(41)8/h12-27H,10-11H2,1-9H3. The molecule has 0 unspecified atom stereocenters. The van der Waals surface area contributed by atoms with Gasteiger partial charge in [-0.05, 0) is 73.6 Å². The molecule has 4 nitrogen and oxygen atoms in total. The number of nitrogens with zero attached hydrogens (tertiary/aromatic N) is 4. The minimum absolute atomic E-state index is 0.115. The summed E-state index contributed by atoms with van der Waals surface area (Å²) in [6.07, 6.45) is 0. The number of hydrogen-bond acceptors (Lipinski definition) is 3. The zero-order chi connectivity index (χ0) is 35.3. The highest BCUT2D eigenvalue weighted by Gasteiger charge is 2.29. The van der Waals surface area contributed by atoms with Gasteiger partial charge in [0.2, 0.25) is 6.71 Å². The van der Waals surface area contributed by atoms with Crippen molar-refractivity contribution in [2.45, 2.75) is 55.4 Å². The van der Waals surface area contributed by atoms with Crippen LogP contribution in [0.25, 0.3) is 44.6 Å². The second kappa shape index (κ2) is 13.3. The fourth-order valence-electron chi connectivity index (χ4n) is 8.35. The smallest absolute Gasteiger partial charge is 0.242 e. The molecule has 0 aliphatic carbocycles. The number of fused-ring (bicyclic) bond motifs is 3. The number of rotatable bonds is 8. The van der Waals surface area contributed by atoms with Gasteiger partial charge in [-0.15, -0.1) is 0 Å². The molecule has 2 heterocycles. The summed E-state index contributed by atoms with van der Waals surface area (Å²) in [6, 6.07) is 35.8. The Morgan fingerprint density at radius 1 is 0.600 bits per heavy atom. The highest BCUT2D eigenvalue weighted by atomic mass is 15.1. The molecule has 7 rings (SSSR count). The summed E-state index contributed by atoms with van der Waals surface area (Å²) in [6.45, 7) is 19.9. The number of anilines is 1. The monoisotopic (exact) mass is 654 g/mol. The van der Waals surface area contributed by atoms with E-state index in [0.717, 1.165) is 57.7 Å². The van der Waals surface area contributed by atoms with E-state index in [2.05, 4.69) is 169 Å². The van der Waals surface area contributed by atoms with Crippen LogP contribution in [0.5, 0.6) is 0 Å². The topological polar surface area (TPSA) is 34.0 Å². The third-order valence-electron chi connectivity index (χ3n) is 10.6. The minimum Gasteiger partial charge on any atom is -0.372 e. The maximum atomic E-state index is 5.41. The molecule has 0 aliphatic heterocycles. The lowest BCUT2D eigenvalue weighted by Gasteiger charge is -2.25. The van der Waals surface area contributed by atoms with Crippen molar-refractivity contribution in [3.63, 3.8) is 0 Å². The number of benzene rings is 5. The molecule has 0 bridgehead atoms. The normalized spacial score (nSPS) is 11.5. The predicted molar refractivity (Wildman–Crippen MR) is 216 cm³/mol. The Bertz CT molecular complexity index is 2260. The van der Waals surface area contributed by atoms with Crippen LogP contribution in [0, 0.1) is 41.5 Å². The SMILES string of the molecule is CCN(CC)c1ccc(-c2nc3c4ccccc4n(C)c3nc2-c2ccc(B(c3c(C)cc(C)cc3C)c3c(C)cc(C)cc3C)cc2)cc1. The molecule has 0 radical (unpaired) electrons. The first-order valence-electron chi connectivity index (χ1n) is 18.0. The molecule has 0 fully saturated rings. The van der Waals surface area contributed by atoms with Crippen molar-refractivity contribution in [2.75, 3.05) is 18.0 Å². The van der Waals surface area contributed by atoms with Gasteiger partial charge in [-0.1, -0.05) is 129 Å². The van der Waals surface area contributed by atoms with E-state index in [9.17, 15) is 0 Å². The highest BCUT2D eigenvalue weighted by molar-refractivity contribution is 6.96. The van der Waals surface area contributed by atoms with Crippen LogP contribution >= 0.6 is 0 Å².